The average molecular weight is 334 g/mol. The molecule has 6 nitrogen and oxygen atoms in total. The van der Waals surface area contributed by atoms with E-state index in [-0.39, 0.29) is 12.7 Å². The van der Waals surface area contributed by atoms with E-state index in [0.29, 0.717) is 12.5 Å². The summed E-state index contributed by atoms with van der Waals surface area (Å²) >= 11 is 0. The molecule has 2 heterocycles. The third-order valence-corrected chi connectivity index (χ3v) is 4.58. The van der Waals surface area contributed by atoms with Crippen molar-refractivity contribution in [3.8, 4) is 17.2 Å². The SMILES string of the molecule is CC(=O)NCC1CCN(CCCOc2ccc3c(c2)OCO3)CC1. The Balaban J connectivity index is 1.29. The summed E-state index contributed by atoms with van der Waals surface area (Å²) in [5, 5.41) is 2.92. The molecule has 0 radical (unpaired) electrons. The van der Waals surface area contributed by atoms with E-state index in [0.717, 1.165) is 62.7 Å². The fraction of sp³-hybridized carbons (Fsp3) is 0.611. The number of piperidine rings is 1. The van der Waals surface area contributed by atoms with Crippen LogP contribution in [-0.2, 0) is 4.79 Å². The number of rotatable bonds is 7. The fourth-order valence-corrected chi connectivity index (χ4v) is 3.15. The Labute approximate surface area is 143 Å². The molecule has 0 aliphatic carbocycles. The lowest BCUT2D eigenvalue weighted by molar-refractivity contribution is -0.119. The summed E-state index contributed by atoms with van der Waals surface area (Å²) in [7, 11) is 0. The van der Waals surface area contributed by atoms with Crippen LogP contribution in [0.3, 0.4) is 0 Å². The maximum absolute atomic E-state index is 11.0. The molecule has 0 unspecified atom stereocenters. The van der Waals surface area contributed by atoms with Crippen molar-refractivity contribution >= 4 is 5.91 Å². The fourth-order valence-electron chi connectivity index (χ4n) is 3.15. The Morgan fingerprint density at radius 1 is 1.29 bits per heavy atom. The molecule has 0 bridgehead atoms. The summed E-state index contributed by atoms with van der Waals surface area (Å²) in [6, 6.07) is 5.69. The van der Waals surface area contributed by atoms with Gasteiger partial charge in [0.2, 0.25) is 12.7 Å². The van der Waals surface area contributed by atoms with Gasteiger partial charge in [0.1, 0.15) is 5.75 Å². The van der Waals surface area contributed by atoms with E-state index in [9.17, 15) is 4.79 Å². The number of amides is 1. The Bertz CT molecular complexity index is 556. The second-order valence-electron chi connectivity index (χ2n) is 6.44. The normalized spacial score (nSPS) is 17.7. The smallest absolute Gasteiger partial charge is 0.231 e. The van der Waals surface area contributed by atoms with E-state index >= 15 is 0 Å². The second-order valence-corrected chi connectivity index (χ2v) is 6.44. The van der Waals surface area contributed by atoms with E-state index in [1.165, 1.54) is 0 Å². The zero-order valence-corrected chi connectivity index (χ0v) is 14.3. The molecule has 0 spiro atoms. The molecule has 1 amide bonds. The average Bonchev–Trinajstić information content (AvgIpc) is 3.05. The number of nitrogens with one attached hydrogen (secondary N) is 1. The van der Waals surface area contributed by atoms with Gasteiger partial charge in [0.15, 0.2) is 11.5 Å². The van der Waals surface area contributed by atoms with E-state index in [2.05, 4.69) is 10.2 Å². The van der Waals surface area contributed by atoms with Gasteiger partial charge in [0.25, 0.3) is 0 Å². The number of likely N-dealkylation sites (tertiary alicyclic amines) is 1. The Morgan fingerprint density at radius 2 is 2.08 bits per heavy atom. The minimum Gasteiger partial charge on any atom is -0.493 e. The zero-order valence-electron chi connectivity index (χ0n) is 14.3. The minimum absolute atomic E-state index is 0.0677. The highest BCUT2D eigenvalue weighted by Crippen LogP contribution is 2.35. The molecule has 6 heteroatoms. The number of fused-ring (bicyclic) bond motifs is 1. The van der Waals surface area contributed by atoms with Gasteiger partial charge in [-0.25, -0.2) is 0 Å². The van der Waals surface area contributed by atoms with Crippen LogP contribution < -0.4 is 19.5 Å². The first-order chi connectivity index (χ1) is 11.7. The van der Waals surface area contributed by atoms with Crippen LogP contribution in [0.5, 0.6) is 17.2 Å². The Kier molecular flexibility index (Phi) is 5.80. The summed E-state index contributed by atoms with van der Waals surface area (Å²) in [6.07, 6.45) is 3.32. The predicted molar refractivity (Wildman–Crippen MR) is 90.5 cm³/mol. The lowest BCUT2D eigenvalue weighted by Gasteiger charge is -2.31. The van der Waals surface area contributed by atoms with E-state index in [1.807, 2.05) is 18.2 Å². The first-order valence-electron chi connectivity index (χ1n) is 8.70. The zero-order chi connectivity index (χ0) is 16.8. The van der Waals surface area contributed by atoms with Crippen molar-refractivity contribution in [2.75, 3.05) is 39.6 Å². The van der Waals surface area contributed by atoms with Gasteiger partial charge in [-0.3, -0.25) is 4.79 Å². The predicted octanol–water partition coefficient (Wildman–Crippen LogP) is 2.03. The monoisotopic (exact) mass is 334 g/mol. The van der Waals surface area contributed by atoms with Crippen LogP contribution in [0.4, 0.5) is 0 Å². The third-order valence-electron chi connectivity index (χ3n) is 4.58. The van der Waals surface area contributed by atoms with Gasteiger partial charge in [-0.05, 0) is 50.4 Å². The molecule has 2 aliphatic heterocycles. The minimum atomic E-state index is 0.0677. The molecule has 132 valence electrons. The number of nitrogens with zero attached hydrogens (tertiary/aromatic N) is 1. The number of carbonyl (C=O) groups is 1. The summed E-state index contributed by atoms with van der Waals surface area (Å²) in [4.78, 5) is 13.4. The van der Waals surface area contributed by atoms with Crippen LogP contribution in [0.25, 0.3) is 0 Å². The highest BCUT2D eigenvalue weighted by molar-refractivity contribution is 5.72. The van der Waals surface area contributed by atoms with Crippen LogP contribution in [-0.4, -0.2) is 50.4 Å². The molecule has 2 aliphatic rings. The highest BCUT2D eigenvalue weighted by atomic mass is 16.7. The van der Waals surface area contributed by atoms with E-state index in [1.54, 1.807) is 6.92 Å². The van der Waals surface area contributed by atoms with Crippen LogP contribution in [0.15, 0.2) is 18.2 Å². The van der Waals surface area contributed by atoms with Gasteiger partial charge in [0.05, 0.1) is 6.61 Å². The van der Waals surface area contributed by atoms with Gasteiger partial charge in [-0.1, -0.05) is 0 Å². The number of hydrogen-bond acceptors (Lipinski definition) is 5. The number of ether oxygens (including phenoxy) is 3. The molecule has 0 saturated carbocycles. The molecule has 1 aromatic rings. The molecule has 1 fully saturated rings. The topological polar surface area (TPSA) is 60.0 Å². The second kappa shape index (κ2) is 8.24. The molecular formula is C18H26N2O4. The van der Waals surface area contributed by atoms with Crippen LogP contribution in [0.2, 0.25) is 0 Å². The van der Waals surface area contributed by atoms with Crippen molar-refractivity contribution in [2.45, 2.75) is 26.2 Å². The van der Waals surface area contributed by atoms with Gasteiger partial charge < -0.3 is 24.4 Å². The molecule has 1 aromatic carbocycles. The van der Waals surface area contributed by atoms with E-state index < -0.39 is 0 Å². The van der Waals surface area contributed by atoms with Crippen molar-refractivity contribution < 1.29 is 19.0 Å². The maximum Gasteiger partial charge on any atom is 0.231 e. The molecule has 3 rings (SSSR count). The van der Waals surface area contributed by atoms with Crippen LogP contribution in [0, 0.1) is 5.92 Å². The summed E-state index contributed by atoms with van der Waals surface area (Å²) < 4.78 is 16.4. The molecular weight excluding hydrogens is 308 g/mol. The van der Waals surface area contributed by atoms with Crippen molar-refractivity contribution in [3.63, 3.8) is 0 Å². The quantitative estimate of drug-likeness (QED) is 0.773. The van der Waals surface area contributed by atoms with Gasteiger partial charge in [-0.15, -0.1) is 0 Å². The van der Waals surface area contributed by atoms with Crippen molar-refractivity contribution in [3.05, 3.63) is 18.2 Å². The summed E-state index contributed by atoms with van der Waals surface area (Å²) in [5.74, 6) is 3.06. The van der Waals surface area contributed by atoms with E-state index in [4.69, 9.17) is 14.2 Å². The first kappa shape index (κ1) is 16.9. The molecule has 1 saturated heterocycles. The summed E-state index contributed by atoms with van der Waals surface area (Å²) in [6.45, 7) is 6.65. The highest BCUT2D eigenvalue weighted by Gasteiger charge is 2.19. The van der Waals surface area contributed by atoms with Crippen molar-refractivity contribution in [1.82, 2.24) is 10.2 Å². The van der Waals surface area contributed by atoms with Gasteiger partial charge in [0, 0.05) is 26.1 Å². The molecule has 0 aromatic heterocycles. The number of benzene rings is 1. The summed E-state index contributed by atoms with van der Waals surface area (Å²) in [5.41, 5.74) is 0. The maximum atomic E-state index is 11.0. The molecule has 24 heavy (non-hydrogen) atoms. The van der Waals surface area contributed by atoms with Gasteiger partial charge >= 0.3 is 0 Å². The first-order valence-corrected chi connectivity index (χ1v) is 8.70. The van der Waals surface area contributed by atoms with Crippen LogP contribution in [0.1, 0.15) is 26.2 Å². The molecule has 1 N–H and O–H groups in total. The number of hydrogen-bond donors (Lipinski definition) is 1. The number of carbonyl (C=O) groups excluding carboxylic acids is 1. The van der Waals surface area contributed by atoms with Gasteiger partial charge in [-0.2, -0.15) is 0 Å². The Hall–Kier alpha value is -1.95. The third kappa shape index (κ3) is 4.77. The van der Waals surface area contributed by atoms with Crippen LogP contribution >= 0.6 is 0 Å². The lowest BCUT2D eigenvalue weighted by atomic mass is 9.96. The Morgan fingerprint density at radius 3 is 2.88 bits per heavy atom. The largest absolute Gasteiger partial charge is 0.493 e. The van der Waals surface area contributed by atoms with Crippen molar-refractivity contribution in [1.29, 1.82) is 0 Å². The molecule has 0 atom stereocenters. The van der Waals surface area contributed by atoms with Crippen molar-refractivity contribution in [2.24, 2.45) is 5.92 Å². The standard InChI is InChI=1S/C18H26N2O4/c1-14(21)19-12-15-5-8-20(9-6-15)7-2-10-22-16-3-4-17-18(11-16)24-13-23-17/h3-4,11,15H,2,5-10,12-13H2,1H3,(H,19,21). The lowest BCUT2D eigenvalue weighted by Crippen LogP contribution is -2.38.